The van der Waals surface area contributed by atoms with Crippen LogP contribution in [0.2, 0.25) is 0 Å². The number of aryl methyl sites for hydroxylation is 1. The monoisotopic (exact) mass is 499 g/mol. The first-order chi connectivity index (χ1) is 17.0. The molecule has 10 nitrogen and oxygen atoms in total. The zero-order valence-corrected chi connectivity index (χ0v) is 20.2. The fourth-order valence-electron chi connectivity index (χ4n) is 3.64. The summed E-state index contributed by atoms with van der Waals surface area (Å²) in [5.41, 5.74) is 1.35. The number of rotatable bonds is 11. The smallest absolute Gasteiger partial charge is 0.240 e. The molecule has 1 fully saturated rings. The van der Waals surface area contributed by atoms with Crippen molar-refractivity contribution in [2.75, 3.05) is 44.7 Å². The highest BCUT2D eigenvalue weighted by Gasteiger charge is 2.15. The first-order valence-corrected chi connectivity index (χ1v) is 13.1. The third kappa shape index (κ3) is 7.43. The van der Waals surface area contributed by atoms with Gasteiger partial charge in [0.15, 0.2) is 0 Å². The Morgan fingerprint density at radius 1 is 1.03 bits per heavy atom. The van der Waals surface area contributed by atoms with Crippen LogP contribution in [0, 0.1) is 0 Å². The minimum atomic E-state index is -3.61. The Bertz CT molecular complexity index is 1190. The minimum Gasteiger partial charge on any atom is -0.379 e. The van der Waals surface area contributed by atoms with Gasteiger partial charge in [0.2, 0.25) is 27.6 Å². The Morgan fingerprint density at radius 3 is 2.51 bits per heavy atom. The van der Waals surface area contributed by atoms with Crippen molar-refractivity contribution >= 4 is 21.6 Å². The van der Waals surface area contributed by atoms with Gasteiger partial charge in [-0.05, 0) is 37.2 Å². The number of carbonyl (C=O) groups excluding carboxylic acids is 1. The second-order valence-corrected chi connectivity index (χ2v) is 9.92. The van der Waals surface area contributed by atoms with E-state index in [4.69, 9.17) is 9.26 Å². The number of aromatic nitrogens is 2. The van der Waals surface area contributed by atoms with E-state index in [1.165, 1.54) is 12.1 Å². The van der Waals surface area contributed by atoms with Crippen molar-refractivity contribution in [2.24, 2.45) is 0 Å². The number of morpholine rings is 1. The lowest BCUT2D eigenvalue weighted by molar-refractivity contribution is -0.116. The van der Waals surface area contributed by atoms with E-state index in [2.05, 4.69) is 25.1 Å². The van der Waals surface area contributed by atoms with Gasteiger partial charge in [0, 0.05) is 43.7 Å². The van der Waals surface area contributed by atoms with Crippen molar-refractivity contribution in [1.29, 1.82) is 0 Å². The summed E-state index contributed by atoms with van der Waals surface area (Å²) in [6.07, 6.45) is 1.17. The zero-order valence-electron chi connectivity index (χ0n) is 19.4. The van der Waals surface area contributed by atoms with Gasteiger partial charge in [-0.3, -0.25) is 9.69 Å². The van der Waals surface area contributed by atoms with Gasteiger partial charge in [0.1, 0.15) is 0 Å². The molecule has 1 aromatic heterocycles. The fourth-order valence-corrected chi connectivity index (χ4v) is 4.71. The molecular weight excluding hydrogens is 470 g/mol. The minimum absolute atomic E-state index is 0.154. The van der Waals surface area contributed by atoms with Crippen LogP contribution in [-0.4, -0.2) is 68.8 Å². The van der Waals surface area contributed by atoms with Gasteiger partial charge in [0.25, 0.3) is 0 Å². The third-order valence-electron chi connectivity index (χ3n) is 5.56. The molecule has 1 aliphatic heterocycles. The molecule has 186 valence electrons. The number of benzene rings is 2. The normalized spacial score (nSPS) is 14.6. The molecule has 2 heterocycles. The van der Waals surface area contributed by atoms with Crippen LogP contribution in [0.5, 0.6) is 0 Å². The molecule has 1 amide bonds. The Hall–Kier alpha value is -3.12. The topological polar surface area (TPSA) is 127 Å². The molecule has 2 aromatic carbocycles. The Labute approximate surface area is 204 Å². The average Bonchev–Trinajstić information content (AvgIpc) is 3.36. The molecule has 1 saturated heterocycles. The van der Waals surface area contributed by atoms with Crippen LogP contribution < -0.4 is 10.0 Å². The van der Waals surface area contributed by atoms with Gasteiger partial charge in [-0.2, -0.15) is 4.98 Å². The van der Waals surface area contributed by atoms with Crippen LogP contribution in [0.25, 0.3) is 11.4 Å². The predicted octanol–water partition coefficient (Wildman–Crippen LogP) is 2.31. The van der Waals surface area contributed by atoms with E-state index in [0.29, 0.717) is 30.4 Å². The lowest BCUT2D eigenvalue weighted by atomic mass is 10.2. The van der Waals surface area contributed by atoms with Crippen molar-refractivity contribution in [3.05, 3.63) is 60.5 Å². The number of hydrogen-bond donors (Lipinski definition) is 2. The third-order valence-corrected chi connectivity index (χ3v) is 7.04. The average molecular weight is 500 g/mol. The number of ether oxygens (including phenoxy) is 1. The molecule has 4 rings (SSSR count). The molecule has 0 atom stereocenters. The number of nitrogens with one attached hydrogen (secondary N) is 2. The standard InChI is InChI=1S/C24H29N5O5S/c30-22(11-12-23-27-24(28-34-23)19-5-2-1-3-6-19)26-20-7-9-21(10-8-20)35(31,32)25-13-4-14-29-15-17-33-18-16-29/h1-3,5-10,25H,4,11-18H2,(H,26,30). The maximum absolute atomic E-state index is 12.5. The number of hydrogen-bond acceptors (Lipinski definition) is 8. The molecule has 0 aliphatic carbocycles. The highest BCUT2D eigenvalue weighted by Crippen LogP contribution is 2.17. The van der Waals surface area contributed by atoms with Crippen molar-refractivity contribution in [3.63, 3.8) is 0 Å². The Balaban J connectivity index is 1.21. The summed E-state index contributed by atoms with van der Waals surface area (Å²) < 4.78 is 38.2. The molecule has 0 bridgehead atoms. The number of anilines is 1. The second kappa shape index (κ2) is 12.0. The lowest BCUT2D eigenvalue weighted by Crippen LogP contribution is -2.38. The Morgan fingerprint density at radius 2 is 1.77 bits per heavy atom. The van der Waals surface area contributed by atoms with E-state index in [0.717, 1.165) is 44.8 Å². The van der Waals surface area contributed by atoms with Gasteiger partial charge >= 0.3 is 0 Å². The molecule has 0 unspecified atom stereocenters. The molecule has 1 aliphatic rings. The van der Waals surface area contributed by atoms with E-state index in [1.54, 1.807) is 12.1 Å². The van der Waals surface area contributed by atoms with Crippen molar-refractivity contribution in [3.8, 4) is 11.4 Å². The zero-order chi connectivity index (χ0) is 24.5. The van der Waals surface area contributed by atoms with E-state index in [1.807, 2.05) is 30.3 Å². The second-order valence-electron chi connectivity index (χ2n) is 8.16. The predicted molar refractivity (Wildman–Crippen MR) is 130 cm³/mol. The molecule has 3 aromatic rings. The van der Waals surface area contributed by atoms with Crippen LogP contribution in [0.1, 0.15) is 18.7 Å². The van der Waals surface area contributed by atoms with Crippen LogP contribution >= 0.6 is 0 Å². The fraction of sp³-hybridized carbons (Fsp3) is 0.375. The lowest BCUT2D eigenvalue weighted by Gasteiger charge is -2.26. The molecule has 0 spiro atoms. The molecule has 2 N–H and O–H groups in total. The summed E-state index contributed by atoms with van der Waals surface area (Å²) in [6.45, 7) is 4.39. The van der Waals surface area contributed by atoms with Gasteiger partial charge in [0.05, 0.1) is 18.1 Å². The highest BCUT2D eigenvalue weighted by atomic mass is 32.2. The van der Waals surface area contributed by atoms with Crippen LogP contribution in [0.4, 0.5) is 5.69 Å². The number of carbonyl (C=O) groups is 1. The van der Waals surface area contributed by atoms with Crippen LogP contribution in [0.3, 0.4) is 0 Å². The maximum atomic E-state index is 12.5. The number of amides is 1. The molecular formula is C24H29N5O5S. The van der Waals surface area contributed by atoms with E-state index in [9.17, 15) is 13.2 Å². The van der Waals surface area contributed by atoms with Crippen LogP contribution in [0.15, 0.2) is 64.0 Å². The first kappa shape index (κ1) is 25.0. The highest BCUT2D eigenvalue weighted by molar-refractivity contribution is 7.89. The Kier molecular flexibility index (Phi) is 8.59. The maximum Gasteiger partial charge on any atom is 0.240 e. The summed E-state index contributed by atoms with van der Waals surface area (Å²) in [5.74, 6) is 0.619. The summed E-state index contributed by atoms with van der Waals surface area (Å²) in [7, 11) is -3.61. The van der Waals surface area contributed by atoms with Crippen molar-refractivity contribution < 1.29 is 22.5 Å². The summed E-state index contributed by atoms with van der Waals surface area (Å²) in [6, 6.07) is 15.5. The van der Waals surface area contributed by atoms with Crippen LogP contribution in [-0.2, 0) is 26.0 Å². The SMILES string of the molecule is O=C(CCc1nc(-c2ccccc2)no1)Nc1ccc(S(=O)(=O)NCCCN2CCOCC2)cc1. The molecule has 11 heteroatoms. The van der Waals surface area contributed by atoms with Gasteiger partial charge < -0.3 is 14.6 Å². The number of nitrogens with zero attached hydrogens (tertiary/aromatic N) is 3. The molecule has 0 radical (unpaired) electrons. The van der Waals surface area contributed by atoms with Gasteiger partial charge in [-0.1, -0.05) is 35.5 Å². The van der Waals surface area contributed by atoms with Crippen molar-refractivity contribution in [2.45, 2.75) is 24.2 Å². The quantitative estimate of drug-likeness (QED) is 0.385. The summed E-state index contributed by atoms with van der Waals surface area (Å²) in [4.78, 5) is 19.0. The first-order valence-electron chi connectivity index (χ1n) is 11.6. The van der Waals surface area contributed by atoms with E-state index >= 15 is 0 Å². The van der Waals surface area contributed by atoms with E-state index in [-0.39, 0.29) is 17.2 Å². The van der Waals surface area contributed by atoms with E-state index < -0.39 is 10.0 Å². The van der Waals surface area contributed by atoms with Gasteiger partial charge in [-0.15, -0.1) is 0 Å². The van der Waals surface area contributed by atoms with Gasteiger partial charge in [-0.25, -0.2) is 13.1 Å². The molecule has 35 heavy (non-hydrogen) atoms. The molecule has 0 saturated carbocycles. The summed E-state index contributed by atoms with van der Waals surface area (Å²) in [5, 5.41) is 6.70. The van der Waals surface area contributed by atoms with Crippen molar-refractivity contribution in [1.82, 2.24) is 19.8 Å². The largest absolute Gasteiger partial charge is 0.379 e. The number of sulfonamides is 1. The summed E-state index contributed by atoms with van der Waals surface area (Å²) >= 11 is 0.